The summed E-state index contributed by atoms with van der Waals surface area (Å²) in [4.78, 5) is 42.5. The van der Waals surface area contributed by atoms with Crippen LogP contribution in [0.15, 0.2) is 0 Å². The van der Waals surface area contributed by atoms with Crippen molar-refractivity contribution < 1.29 is 28.7 Å². The summed E-state index contributed by atoms with van der Waals surface area (Å²) in [5.41, 5.74) is 0. The number of hydrogen-bond acceptors (Lipinski definition) is 6. The second-order valence-corrected chi connectivity index (χ2v) is 3.23. The summed E-state index contributed by atoms with van der Waals surface area (Å²) in [6, 6.07) is 0. The van der Waals surface area contributed by atoms with Crippen molar-refractivity contribution in [2.75, 3.05) is 0 Å². The van der Waals surface area contributed by atoms with E-state index in [1.165, 1.54) is 26.7 Å². The highest BCUT2D eigenvalue weighted by Gasteiger charge is 2.22. The zero-order valence-corrected chi connectivity index (χ0v) is 11.3. The van der Waals surface area contributed by atoms with Crippen LogP contribution in [0.1, 0.15) is 53.4 Å². The number of carbonyl (C=O) groups excluding carboxylic acids is 4. The van der Waals surface area contributed by atoms with Crippen molar-refractivity contribution in [2.24, 2.45) is 0 Å². The van der Waals surface area contributed by atoms with Gasteiger partial charge in [-0.05, 0) is 0 Å². The zero-order chi connectivity index (χ0) is 14.6. The van der Waals surface area contributed by atoms with Gasteiger partial charge >= 0.3 is 23.9 Å². The summed E-state index contributed by atoms with van der Waals surface area (Å²) in [7, 11) is 0. The molecule has 0 bridgehead atoms. The van der Waals surface area contributed by atoms with Gasteiger partial charge in [-0.3, -0.25) is 9.59 Å². The van der Waals surface area contributed by atoms with Crippen LogP contribution in [0.25, 0.3) is 0 Å². The number of rotatable bonds is 3. The summed E-state index contributed by atoms with van der Waals surface area (Å²) in [6.07, 6.45) is 2.56. The number of ether oxygens (including phenoxy) is 2. The smallest absolute Gasteiger partial charge is 0.384 e. The van der Waals surface area contributed by atoms with Gasteiger partial charge in [0.25, 0.3) is 0 Å². The van der Waals surface area contributed by atoms with Crippen LogP contribution in [0.5, 0.6) is 0 Å². The van der Waals surface area contributed by atoms with Gasteiger partial charge in [-0.2, -0.15) is 0 Å². The van der Waals surface area contributed by atoms with Gasteiger partial charge in [0.1, 0.15) is 0 Å². The van der Waals surface area contributed by atoms with Gasteiger partial charge in [0.05, 0.1) is 0 Å². The zero-order valence-electron chi connectivity index (χ0n) is 11.3. The lowest BCUT2D eigenvalue weighted by atomic mass is 10.4. The molecule has 0 N–H and O–H groups in total. The van der Waals surface area contributed by atoms with Crippen LogP contribution in [-0.2, 0) is 28.7 Å². The summed E-state index contributed by atoms with van der Waals surface area (Å²) in [6.45, 7) is 7.27. The largest absolute Gasteiger partial charge is 0.425 e. The Morgan fingerprint density at radius 2 is 0.944 bits per heavy atom. The topological polar surface area (TPSA) is 86.7 Å². The molecule has 0 aliphatic rings. The highest BCUT2D eigenvalue weighted by molar-refractivity contribution is 6.33. The summed E-state index contributed by atoms with van der Waals surface area (Å²) in [5.74, 6) is -4.65. The molecule has 104 valence electrons. The fourth-order valence-electron chi connectivity index (χ4n) is 0.434. The van der Waals surface area contributed by atoms with Crippen LogP contribution in [0.2, 0.25) is 0 Å². The molecule has 6 heteroatoms. The van der Waals surface area contributed by atoms with E-state index in [0.29, 0.717) is 0 Å². The summed E-state index contributed by atoms with van der Waals surface area (Å²) < 4.78 is 8.00. The van der Waals surface area contributed by atoms with E-state index in [2.05, 4.69) is 23.3 Å². The molecule has 0 spiro atoms. The Labute approximate surface area is 107 Å². The van der Waals surface area contributed by atoms with E-state index in [0.717, 1.165) is 0 Å². The number of carbonyl (C=O) groups is 4. The molecule has 0 fully saturated rings. The average Bonchev–Trinajstić information content (AvgIpc) is 2.38. The Balaban J connectivity index is 0. The first-order chi connectivity index (χ1) is 8.42. The third kappa shape index (κ3) is 10.8. The highest BCUT2D eigenvalue weighted by atomic mass is 16.6. The van der Waals surface area contributed by atoms with Crippen molar-refractivity contribution in [1.82, 2.24) is 0 Å². The molecule has 0 amide bonds. The molecule has 0 aromatic carbocycles. The van der Waals surface area contributed by atoms with E-state index < -0.39 is 23.9 Å². The van der Waals surface area contributed by atoms with E-state index >= 15 is 0 Å². The third-order valence-corrected chi connectivity index (χ3v) is 1.66. The molecule has 18 heavy (non-hydrogen) atoms. The fourth-order valence-corrected chi connectivity index (χ4v) is 0.434. The molecule has 0 aromatic heterocycles. The van der Waals surface area contributed by atoms with Crippen molar-refractivity contribution in [1.29, 1.82) is 0 Å². The van der Waals surface area contributed by atoms with Gasteiger partial charge in [0, 0.05) is 12.8 Å². The molecule has 0 heterocycles. The van der Waals surface area contributed by atoms with Gasteiger partial charge in [-0.15, -0.1) is 0 Å². The quantitative estimate of drug-likeness (QED) is 0.436. The first kappa shape index (κ1) is 18.6. The molecule has 0 saturated heterocycles. The fraction of sp³-hybridized carbons (Fsp3) is 0.667. The Morgan fingerprint density at radius 1 is 0.667 bits per heavy atom. The van der Waals surface area contributed by atoms with E-state index in [1.807, 2.05) is 0 Å². The number of esters is 4. The van der Waals surface area contributed by atoms with Crippen LogP contribution in [0.4, 0.5) is 0 Å². The maximum absolute atomic E-state index is 10.7. The molecule has 0 saturated carbocycles. The summed E-state index contributed by atoms with van der Waals surface area (Å²) in [5, 5.41) is 0. The van der Waals surface area contributed by atoms with Gasteiger partial charge in [0.2, 0.25) is 0 Å². The van der Waals surface area contributed by atoms with E-state index in [1.54, 1.807) is 0 Å². The van der Waals surface area contributed by atoms with E-state index in [9.17, 15) is 19.2 Å². The monoisotopic (exact) mass is 260 g/mol. The van der Waals surface area contributed by atoms with Crippen molar-refractivity contribution in [2.45, 2.75) is 53.4 Å². The normalized spacial score (nSPS) is 8.67. The van der Waals surface area contributed by atoms with Crippen molar-refractivity contribution in [3.63, 3.8) is 0 Å². The lowest BCUT2D eigenvalue weighted by molar-refractivity contribution is -0.177. The predicted molar refractivity (Wildman–Crippen MR) is 63.4 cm³/mol. The standard InChI is InChI=1S/C8H10O6.C4H10/c1-3-5(9)13-7(11)8(12)14-6(10)4-2;1-3-4-2/h3-4H2,1-2H3;3-4H2,1-2H3. The van der Waals surface area contributed by atoms with Crippen molar-refractivity contribution >= 4 is 23.9 Å². The first-order valence-corrected chi connectivity index (χ1v) is 5.92. The van der Waals surface area contributed by atoms with Gasteiger partial charge in [-0.25, -0.2) is 9.59 Å². The molecule has 0 aliphatic carbocycles. The second-order valence-electron chi connectivity index (χ2n) is 3.23. The SMILES string of the molecule is CCC(=O)OC(=O)C(=O)OC(=O)CC.CCCC. The maximum atomic E-state index is 10.7. The molecule has 0 atom stereocenters. The molecule has 0 unspecified atom stereocenters. The average molecular weight is 260 g/mol. The van der Waals surface area contributed by atoms with Gasteiger partial charge < -0.3 is 9.47 Å². The predicted octanol–water partition coefficient (Wildman–Crippen LogP) is 1.75. The van der Waals surface area contributed by atoms with Crippen LogP contribution in [0, 0.1) is 0 Å². The van der Waals surface area contributed by atoms with Crippen LogP contribution < -0.4 is 0 Å². The van der Waals surface area contributed by atoms with Gasteiger partial charge in [0.15, 0.2) is 0 Å². The number of unbranched alkanes of at least 4 members (excludes halogenated alkanes) is 1. The molecule has 6 nitrogen and oxygen atoms in total. The molecule has 0 aromatic rings. The molecular weight excluding hydrogens is 240 g/mol. The lowest BCUT2D eigenvalue weighted by Crippen LogP contribution is -2.25. The minimum atomic E-state index is -1.47. The van der Waals surface area contributed by atoms with E-state index in [4.69, 9.17) is 0 Å². The Morgan fingerprint density at radius 3 is 1.11 bits per heavy atom. The maximum Gasteiger partial charge on any atom is 0.425 e. The van der Waals surface area contributed by atoms with Crippen LogP contribution >= 0.6 is 0 Å². The van der Waals surface area contributed by atoms with Crippen LogP contribution in [0.3, 0.4) is 0 Å². The van der Waals surface area contributed by atoms with Gasteiger partial charge in [-0.1, -0.05) is 40.5 Å². The highest BCUT2D eigenvalue weighted by Crippen LogP contribution is 1.91. The minimum Gasteiger partial charge on any atom is -0.384 e. The Kier molecular flexibility index (Phi) is 12.2. The minimum absolute atomic E-state index is 0.0409. The van der Waals surface area contributed by atoms with Crippen LogP contribution in [-0.4, -0.2) is 23.9 Å². The second kappa shape index (κ2) is 11.8. The van der Waals surface area contributed by atoms with Crippen molar-refractivity contribution in [3.8, 4) is 0 Å². The van der Waals surface area contributed by atoms with E-state index in [-0.39, 0.29) is 12.8 Å². The molecule has 0 rings (SSSR count). The Hall–Kier alpha value is -1.72. The first-order valence-electron chi connectivity index (χ1n) is 5.92. The van der Waals surface area contributed by atoms with Crippen molar-refractivity contribution in [3.05, 3.63) is 0 Å². The third-order valence-electron chi connectivity index (χ3n) is 1.66. The summed E-state index contributed by atoms with van der Waals surface area (Å²) >= 11 is 0. The number of hydrogen-bond donors (Lipinski definition) is 0. The molecule has 0 aliphatic heterocycles. The Bertz CT molecular complexity index is 265. The molecular formula is C12H20O6. The lowest BCUT2D eigenvalue weighted by Gasteiger charge is -1.99. The molecule has 0 radical (unpaired) electrons.